The van der Waals surface area contributed by atoms with Crippen LogP contribution in [0.3, 0.4) is 0 Å². The summed E-state index contributed by atoms with van der Waals surface area (Å²) in [5.41, 5.74) is 0. The number of halogens is 3. The molecule has 0 radical (unpaired) electrons. The van der Waals surface area contributed by atoms with Gasteiger partial charge in [0.1, 0.15) is 0 Å². The SMILES string of the molecule is CCC(O)C(Cl)(Cl)CCl. The first-order valence-electron chi connectivity index (χ1n) is 2.66. The lowest BCUT2D eigenvalue weighted by Crippen LogP contribution is -2.32. The van der Waals surface area contributed by atoms with Crippen LogP contribution in [0.15, 0.2) is 0 Å². The van der Waals surface area contributed by atoms with Gasteiger partial charge in [-0.3, -0.25) is 0 Å². The van der Waals surface area contributed by atoms with Gasteiger partial charge < -0.3 is 5.11 Å². The lowest BCUT2D eigenvalue weighted by Gasteiger charge is -2.21. The molecule has 0 aliphatic rings. The maximum Gasteiger partial charge on any atom is 0.157 e. The molecule has 0 amide bonds. The van der Waals surface area contributed by atoms with Crippen LogP contribution < -0.4 is 0 Å². The summed E-state index contributed by atoms with van der Waals surface area (Å²) in [6, 6.07) is 0. The molecule has 1 atom stereocenters. The van der Waals surface area contributed by atoms with Crippen LogP contribution in [0.25, 0.3) is 0 Å². The second kappa shape index (κ2) is 3.87. The molecule has 0 spiro atoms. The molecule has 1 unspecified atom stereocenters. The van der Waals surface area contributed by atoms with Crippen molar-refractivity contribution >= 4 is 34.8 Å². The first-order chi connectivity index (χ1) is 4.04. The average Bonchev–Trinajstić information content (AvgIpc) is 1.86. The molecule has 0 bridgehead atoms. The van der Waals surface area contributed by atoms with E-state index in [4.69, 9.17) is 39.9 Å². The zero-order valence-electron chi connectivity index (χ0n) is 5.07. The summed E-state index contributed by atoms with van der Waals surface area (Å²) in [6.45, 7) is 1.79. The standard InChI is InChI=1S/C5H9Cl3O/c1-2-4(9)5(7,8)3-6/h4,9H,2-3H2,1H3. The first-order valence-corrected chi connectivity index (χ1v) is 3.95. The van der Waals surface area contributed by atoms with Gasteiger partial charge in [-0.15, -0.1) is 11.6 Å². The van der Waals surface area contributed by atoms with Crippen LogP contribution in [-0.2, 0) is 0 Å². The molecule has 0 aromatic rings. The molecule has 0 fully saturated rings. The summed E-state index contributed by atoms with van der Waals surface area (Å²) in [6.07, 6.45) is -0.224. The molecule has 0 aromatic carbocycles. The minimum atomic E-state index is -1.18. The van der Waals surface area contributed by atoms with Crippen molar-refractivity contribution in [2.45, 2.75) is 23.8 Å². The Morgan fingerprint density at radius 1 is 1.56 bits per heavy atom. The van der Waals surface area contributed by atoms with E-state index in [1.807, 2.05) is 0 Å². The van der Waals surface area contributed by atoms with Crippen molar-refractivity contribution in [1.29, 1.82) is 0 Å². The Balaban J connectivity index is 3.80. The van der Waals surface area contributed by atoms with Crippen LogP contribution in [0.4, 0.5) is 0 Å². The Labute approximate surface area is 69.9 Å². The number of alkyl halides is 3. The molecule has 0 aromatic heterocycles. The van der Waals surface area contributed by atoms with Crippen molar-refractivity contribution in [1.82, 2.24) is 0 Å². The van der Waals surface area contributed by atoms with E-state index in [1.54, 1.807) is 6.92 Å². The van der Waals surface area contributed by atoms with Crippen LogP contribution in [-0.4, -0.2) is 21.4 Å². The molecule has 0 aliphatic heterocycles. The van der Waals surface area contributed by atoms with Crippen molar-refractivity contribution in [2.24, 2.45) is 0 Å². The molecule has 1 nitrogen and oxygen atoms in total. The number of hydrogen-bond donors (Lipinski definition) is 1. The molecule has 0 rings (SSSR count). The lowest BCUT2D eigenvalue weighted by atomic mass is 10.2. The van der Waals surface area contributed by atoms with Gasteiger partial charge in [0, 0.05) is 0 Å². The maximum atomic E-state index is 9.04. The molecule has 0 saturated carbocycles. The van der Waals surface area contributed by atoms with Gasteiger partial charge in [-0.1, -0.05) is 30.1 Å². The fraction of sp³-hybridized carbons (Fsp3) is 1.00. The number of aliphatic hydroxyl groups excluding tert-OH is 1. The third-order valence-electron chi connectivity index (χ3n) is 1.05. The van der Waals surface area contributed by atoms with Crippen molar-refractivity contribution in [3.63, 3.8) is 0 Å². The number of hydrogen-bond acceptors (Lipinski definition) is 1. The van der Waals surface area contributed by atoms with Crippen LogP contribution in [0.5, 0.6) is 0 Å². The predicted molar refractivity (Wildman–Crippen MR) is 41.5 cm³/mol. The molecule has 0 saturated heterocycles. The number of rotatable bonds is 3. The fourth-order valence-corrected chi connectivity index (χ4v) is 0.874. The normalized spacial score (nSPS) is 15.7. The highest BCUT2D eigenvalue weighted by atomic mass is 35.5. The predicted octanol–water partition coefficient (Wildman–Crippen LogP) is 2.17. The van der Waals surface area contributed by atoms with Crippen LogP contribution in [0.2, 0.25) is 0 Å². The van der Waals surface area contributed by atoms with Gasteiger partial charge >= 0.3 is 0 Å². The van der Waals surface area contributed by atoms with Crippen LogP contribution in [0, 0.1) is 0 Å². The second-order valence-corrected chi connectivity index (χ2v) is 3.63. The molecule has 9 heavy (non-hydrogen) atoms. The Morgan fingerprint density at radius 3 is 2.11 bits per heavy atom. The summed E-state index contributed by atoms with van der Waals surface area (Å²) in [4.78, 5) is 0. The Morgan fingerprint density at radius 2 is 2.00 bits per heavy atom. The first kappa shape index (κ1) is 9.83. The van der Waals surface area contributed by atoms with E-state index >= 15 is 0 Å². The van der Waals surface area contributed by atoms with E-state index in [1.165, 1.54) is 0 Å². The van der Waals surface area contributed by atoms with Crippen LogP contribution in [0.1, 0.15) is 13.3 Å². The Hall–Kier alpha value is 0.830. The highest BCUT2D eigenvalue weighted by molar-refractivity contribution is 6.51. The summed E-state index contributed by atoms with van der Waals surface area (Å²) in [7, 11) is 0. The van der Waals surface area contributed by atoms with E-state index in [2.05, 4.69) is 0 Å². The minimum absolute atomic E-state index is 0.0467. The van der Waals surface area contributed by atoms with Gasteiger partial charge in [-0.25, -0.2) is 0 Å². The van der Waals surface area contributed by atoms with Gasteiger partial charge in [0.15, 0.2) is 4.33 Å². The van der Waals surface area contributed by atoms with Crippen molar-refractivity contribution < 1.29 is 5.11 Å². The molecule has 0 aliphatic carbocycles. The van der Waals surface area contributed by atoms with Gasteiger partial charge in [0.2, 0.25) is 0 Å². The molecule has 1 N–H and O–H groups in total. The summed E-state index contributed by atoms with van der Waals surface area (Å²) >= 11 is 16.5. The van der Waals surface area contributed by atoms with E-state index in [-0.39, 0.29) is 5.88 Å². The molecular formula is C5H9Cl3O. The fourth-order valence-electron chi connectivity index (χ4n) is 0.388. The van der Waals surface area contributed by atoms with E-state index in [0.717, 1.165) is 0 Å². The van der Waals surface area contributed by atoms with Crippen molar-refractivity contribution in [2.75, 3.05) is 5.88 Å². The Kier molecular flexibility index (Phi) is 4.22. The monoisotopic (exact) mass is 190 g/mol. The molecule has 56 valence electrons. The van der Waals surface area contributed by atoms with Gasteiger partial charge in [-0.05, 0) is 6.42 Å². The third kappa shape index (κ3) is 2.94. The third-order valence-corrected chi connectivity index (χ3v) is 2.52. The van der Waals surface area contributed by atoms with Crippen molar-refractivity contribution in [3.8, 4) is 0 Å². The molecule has 0 heterocycles. The molecule has 4 heteroatoms. The van der Waals surface area contributed by atoms with E-state index < -0.39 is 10.4 Å². The zero-order chi connectivity index (χ0) is 7.49. The quantitative estimate of drug-likeness (QED) is 0.678. The van der Waals surface area contributed by atoms with Crippen molar-refractivity contribution in [3.05, 3.63) is 0 Å². The number of aliphatic hydroxyl groups is 1. The summed E-state index contributed by atoms with van der Waals surface area (Å²) in [5.74, 6) is 0.0467. The minimum Gasteiger partial charge on any atom is -0.390 e. The van der Waals surface area contributed by atoms with Gasteiger partial charge in [-0.2, -0.15) is 0 Å². The Bertz CT molecular complexity index is 84.3. The van der Waals surface area contributed by atoms with Gasteiger partial charge in [0.25, 0.3) is 0 Å². The van der Waals surface area contributed by atoms with E-state index in [9.17, 15) is 0 Å². The van der Waals surface area contributed by atoms with Crippen LogP contribution >= 0.6 is 34.8 Å². The second-order valence-electron chi connectivity index (χ2n) is 1.82. The highest BCUT2D eigenvalue weighted by Gasteiger charge is 2.30. The smallest absolute Gasteiger partial charge is 0.157 e. The largest absolute Gasteiger partial charge is 0.390 e. The molecular weight excluding hydrogens is 182 g/mol. The summed E-state index contributed by atoms with van der Waals surface area (Å²) in [5, 5.41) is 9.04. The lowest BCUT2D eigenvalue weighted by molar-refractivity contribution is 0.158. The average molecular weight is 191 g/mol. The summed E-state index contributed by atoms with van der Waals surface area (Å²) < 4.78 is -1.18. The highest BCUT2D eigenvalue weighted by Crippen LogP contribution is 2.28. The topological polar surface area (TPSA) is 20.2 Å². The van der Waals surface area contributed by atoms with E-state index in [0.29, 0.717) is 6.42 Å². The van der Waals surface area contributed by atoms with Gasteiger partial charge in [0.05, 0.1) is 12.0 Å². The maximum absolute atomic E-state index is 9.04. The zero-order valence-corrected chi connectivity index (χ0v) is 7.34.